The average molecular weight is 244 g/mol. The van der Waals surface area contributed by atoms with Gasteiger partial charge in [0, 0.05) is 6.26 Å². The maximum absolute atomic E-state index is 10.9. The van der Waals surface area contributed by atoms with Crippen molar-refractivity contribution >= 4 is 9.84 Å². The average Bonchev–Trinajstić information content (AvgIpc) is 2.24. The Morgan fingerprint density at radius 3 is 2.50 bits per heavy atom. The maximum Gasteiger partial charge on any atom is 0.147 e. The molecule has 0 fully saturated rings. The van der Waals surface area contributed by atoms with Gasteiger partial charge >= 0.3 is 0 Å². The monoisotopic (exact) mass is 244 g/mol. The second-order valence-electron chi connectivity index (χ2n) is 3.70. The number of aliphatic hydroxyl groups is 1. The first kappa shape index (κ1) is 13.0. The summed E-state index contributed by atoms with van der Waals surface area (Å²) in [6.07, 6.45) is 0.596. The van der Waals surface area contributed by atoms with Crippen molar-refractivity contribution in [3.05, 3.63) is 30.3 Å². The molecule has 90 valence electrons. The molecular formula is C11H16O4S. The van der Waals surface area contributed by atoms with E-state index in [9.17, 15) is 13.5 Å². The van der Waals surface area contributed by atoms with Crippen LogP contribution in [-0.4, -0.2) is 38.2 Å². The molecule has 4 nitrogen and oxygen atoms in total. The van der Waals surface area contributed by atoms with Gasteiger partial charge in [-0.2, -0.15) is 0 Å². The quantitative estimate of drug-likeness (QED) is 0.806. The lowest BCUT2D eigenvalue weighted by Crippen LogP contribution is -2.21. The Morgan fingerprint density at radius 1 is 1.31 bits per heavy atom. The first-order valence-electron chi connectivity index (χ1n) is 5.01. The number of hydrogen-bond donors (Lipinski definition) is 1. The van der Waals surface area contributed by atoms with E-state index in [1.54, 1.807) is 12.1 Å². The Balaban J connectivity index is 2.28. The Morgan fingerprint density at radius 2 is 1.94 bits per heavy atom. The van der Waals surface area contributed by atoms with Gasteiger partial charge in [-0.3, -0.25) is 0 Å². The van der Waals surface area contributed by atoms with Crippen LogP contribution in [0.3, 0.4) is 0 Å². The van der Waals surface area contributed by atoms with Crippen molar-refractivity contribution in [3.8, 4) is 5.75 Å². The van der Waals surface area contributed by atoms with Gasteiger partial charge in [0.25, 0.3) is 0 Å². The van der Waals surface area contributed by atoms with Gasteiger partial charge in [-0.05, 0) is 18.6 Å². The number of rotatable bonds is 6. The van der Waals surface area contributed by atoms with Crippen molar-refractivity contribution in [2.24, 2.45) is 0 Å². The minimum atomic E-state index is -3.02. The standard InChI is InChI=1S/C11H16O4S/c1-16(13,14)8-7-10(12)9-15-11-5-3-2-4-6-11/h2-6,10,12H,7-9H2,1H3. The number of aliphatic hydroxyl groups excluding tert-OH is 1. The summed E-state index contributed by atoms with van der Waals surface area (Å²) >= 11 is 0. The first-order chi connectivity index (χ1) is 7.47. The van der Waals surface area contributed by atoms with Crippen molar-refractivity contribution < 1.29 is 18.3 Å². The summed E-state index contributed by atoms with van der Waals surface area (Å²) in [7, 11) is -3.02. The minimum absolute atomic E-state index is 0.0215. The molecule has 0 heterocycles. The fourth-order valence-corrected chi connectivity index (χ4v) is 1.84. The normalized spacial score (nSPS) is 13.4. The highest BCUT2D eigenvalue weighted by Crippen LogP contribution is 2.09. The van der Waals surface area contributed by atoms with Crippen LogP contribution in [0.4, 0.5) is 0 Å². The lowest BCUT2D eigenvalue weighted by atomic mass is 10.3. The van der Waals surface area contributed by atoms with Crippen molar-refractivity contribution in [1.29, 1.82) is 0 Å². The van der Waals surface area contributed by atoms with Crippen LogP contribution in [0.25, 0.3) is 0 Å². The van der Waals surface area contributed by atoms with E-state index in [2.05, 4.69) is 0 Å². The molecule has 1 aromatic rings. The zero-order chi connectivity index (χ0) is 12.0. The van der Waals surface area contributed by atoms with Crippen molar-refractivity contribution in [3.63, 3.8) is 0 Å². The third-order valence-corrected chi connectivity index (χ3v) is 2.98. The van der Waals surface area contributed by atoms with Crippen LogP contribution < -0.4 is 4.74 Å². The van der Waals surface area contributed by atoms with Crippen LogP contribution in [0.2, 0.25) is 0 Å². The van der Waals surface area contributed by atoms with Crippen LogP contribution >= 0.6 is 0 Å². The molecule has 0 aliphatic heterocycles. The smallest absolute Gasteiger partial charge is 0.147 e. The fourth-order valence-electron chi connectivity index (χ4n) is 1.14. The molecule has 0 spiro atoms. The number of hydrogen-bond acceptors (Lipinski definition) is 4. The zero-order valence-corrected chi connectivity index (χ0v) is 9.98. The Bertz CT molecular complexity index is 399. The summed E-state index contributed by atoms with van der Waals surface area (Å²) in [6.45, 7) is 0.111. The first-order valence-corrected chi connectivity index (χ1v) is 7.07. The summed E-state index contributed by atoms with van der Waals surface area (Å²) in [4.78, 5) is 0. The fraction of sp³-hybridized carbons (Fsp3) is 0.455. The maximum atomic E-state index is 10.9. The lowest BCUT2D eigenvalue weighted by molar-refractivity contribution is 0.105. The molecule has 0 aromatic heterocycles. The number of sulfone groups is 1. The Labute approximate surface area is 95.8 Å². The van der Waals surface area contributed by atoms with Crippen LogP contribution in [-0.2, 0) is 9.84 Å². The van der Waals surface area contributed by atoms with Crippen LogP contribution in [0.15, 0.2) is 30.3 Å². The topological polar surface area (TPSA) is 63.6 Å². The molecule has 0 aliphatic carbocycles. The van der Waals surface area contributed by atoms with E-state index in [4.69, 9.17) is 4.74 Å². The van der Waals surface area contributed by atoms with Crippen LogP contribution in [0.5, 0.6) is 5.75 Å². The molecule has 0 aliphatic rings. The van der Waals surface area contributed by atoms with Crippen molar-refractivity contribution in [1.82, 2.24) is 0 Å². The summed E-state index contributed by atoms with van der Waals surface area (Å²) in [6, 6.07) is 9.09. The second-order valence-corrected chi connectivity index (χ2v) is 5.96. The highest BCUT2D eigenvalue weighted by molar-refractivity contribution is 7.90. The molecule has 0 radical (unpaired) electrons. The van der Waals surface area contributed by atoms with E-state index in [-0.39, 0.29) is 18.8 Å². The summed E-state index contributed by atoms with van der Waals surface area (Å²) in [5.41, 5.74) is 0. The van der Waals surface area contributed by atoms with Gasteiger partial charge in [-0.1, -0.05) is 18.2 Å². The van der Waals surface area contributed by atoms with E-state index in [0.717, 1.165) is 6.26 Å². The molecule has 0 amide bonds. The summed E-state index contributed by atoms with van der Waals surface area (Å²) < 4.78 is 27.0. The molecule has 1 aromatic carbocycles. The molecule has 1 atom stereocenters. The second kappa shape index (κ2) is 5.86. The molecule has 16 heavy (non-hydrogen) atoms. The van der Waals surface area contributed by atoms with Gasteiger partial charge in [0.15, 0.2) is 0 Å². The third kappa shape index (κ3) is 5.72. The van der Waals surface area contributed by atoms with Crippen LogP contribution in [0, 0.1) is 0 Å². The summed E-state index contributed by atoms with van der Waals surface area (Å²) in [5.74, 6) is 0.646. The molecule has 0 saturated carbocycles. The Hall–Kier alpha value is -1.07. The third-order valence-electron chi connectivity index (χ3n) is 2.01. The molecule has 1 unspecified atom stereocenters. The Kier molecular flexibility index (Phi) is 4.76. The predicted molar refractivity (Wildman–Crippen MR) is 62.3 cm³/mol. The molecule has 1 rings (SSSR count). The van der Waals surface area contributed by atoms with E-state index in [0.29, 0.717) is 5.75 Å². The highest BCUT2D eigenvalue weighted by Gasteiger charge is 2.09. The molecule has 1 N–H and O–H groups in total. The van der Waals surface area contributed by atoms with Gasteiger partial charge in [-0.25, -0.2) is 8.42 Å². The van der Waals surface area contributed by atoms with E-state index in [1.165, 1.54) is 0 Å². The van der Waals surface area contributed by atoms with Gasteiger partial charge < -0.3 is 9.84 Å². The van der Waals surface area contributed by atoms with Gasteiger partial charge in [-0.15, -0.1) is 0 Å². The lowest BCUT2D eigenvalue weighted by Gasteiger charge is -2.11. The predicted octanol–water partition coefficient (Wildman–Crippen LogP) is 0.861. The molecule has 5 heteroatoms. The van der Waals surface area contributed by atoms with Gasteiger partial charge in [0.2, 0.25) is 0 Å². The van der Waals surface area contributed by atoms with Crippen LogP contribution in [0.1, 0.15) is 6.42 Å². The zero-order valence-electron chi connectivity index (χ0n) is 9.17. The summed E-state index contributed by atoms with van der Waals surface area (Å²) in [5, 5.41) is 9.48. The van der Waals surface area contributed by atoms with Gasteiger partial charge in [0.05, 0.1) is 11.9 Å². The number of ether oxygens (including phenoxy) is 1. The minimum Gasteiger partial charge on any atom is -0.491 e. The van der Waals surface area contributed by atoms with Gasteiger partial charge in [0.1, 0.15) is 22.2 Å². The largest absolute Gasteiger partial charge is 0.491 e. The van der Waals surface area contributed by atoms with Crippen molar-refractivity contribution in [2.45, 2.75) is 12.5 Å². The van der Waals surface area contributed by atoms with E-state index in [1.807, 2.05) is 18.2 Å². The highest BCUT2D eigenvalue weighted by atomic mass is 32.2. The molecule has 0 saturated heterocycles. The molecular weight excluding hydrogens is 228 g/mol. The SMILES string of the molecule is CS(=O)(=O)CCC(O)COc1ccccc1. The number of benzene rings is 1. The van der Waals surface area contributed by atoms with Crippen molar-refractivity contribution in [2.75, 3.05) is 18.6 Å². The van der Waals surface area contributed by atoms with E-state index >= 15 is 0 Å². The molecule has 0 bridgehead atoms. The number of para-hydroxylation sites is 1. The van der Waals surface area contributed by atoms with E-state index < -0.39 is 15.9 Å².